The Hall–Kier alpha value is -3.39. The lowest BCUT2D eigenvalue weighted by Gasteiger charge is -2.13. The van der Waals surface area contributed by atoms with Crippen molar-refractivity contribution in [3.63, 3.8) is 0 Å². The minimum atomic E-state index is -3.99. The van der Waals surface area contributed by atoms with Crippen molar-refractivity contribution < 1.29 is 22.3 Å². The third-order valence-electron chi connectivity index (χ3n) is 3.86. The molecule has 3 rings (SSSR count). The molecule has 0 spiro atoms. The SMILES string of the molecule is COc1ccc(C(=O)Nc2ccccc2)cc1NS(=O)(=O)c1ccc(F)cc1. The van der Waals surface area contributed by atoms with Gasteiger partial charge >= 0.3 is 0 Å². The van der Waals surface area contributed by atoms with Crippen LogP contribution in [0.1, 0.15) is 10.4 Å². The molecule has 144 valence electrons. The predicted molar refractivity (Wildman–Crippen MR) is 105 cm³/mol. The number of nitrogens with one attached hydrogen (secondary N) is 2. The molecule has 3 aromatic carbocycles. The van der Waals surface area contributed by atoms with E-state index in [1.54, 1.807) is 24.3 Å². The van der Waals surface area contributed by atoms with Gasteiger partial charge in [-0.05, 0) is 54.6 Å². The van der Waals surface area contributed by atoms with Crippen LogP contribution in [0.15, 0.2) is 77.7 Å². The van der Waals surface area contributed by atoms with Gasteiger partial charge in [0.25, 0.3) is 15.9 Å². The van der Waals surface area contributed by atoms with Crippen LogP contribution in [0.25, 0.3) is 0 Å². The van der Waals surface area contributed by atoms with E-state index < -0.39 is 21.7 Å². The summed E-state index contributed by atoms with van der Waals surface area (Å²) in [5.41, 5.74) is 0.936. The second-order valence-electron chi connectivity index (χ2n) is 5.79. The number of para-hydroxylation sites is 1. The average Bonchev–Trinajstić information content (AvgIpc) is 2.68. The number of carbonyl (C=O) groups is 1. The van der Waals surface area contributed by atoms with Gasteiger partial charge in [0.2, 0.25) is 0 Å². The van der Waals surface area contributed by atoms with E-state index >= 15 is 0 Å². The number of rotatable bonds is 6. The van der Waals surface area contributed by atoms with Crippen molar-refractivity contribution in [2.45, 2.75) is 4.90 Å². The quantitative estimate of drug-likeness (QED) is 0.658. The van der Waals surface area contributed by atoms with Gasteiger partial charge in [-0.3, -0.25) is 9.52 Å². The number of sulfonamides is 1. The summed E-state index contributed by atoms with van der Waals surface area (Å²) in [5.74, 6) is -0.714. The van der Waals surface area contributed by atoms with Crippen molar-refractivity contribution in [1.82, 2.24) is 0 Å². The van der Waals surface area contributed by atoms with Crippen LogP contribution in [0, 0.1) is 5.82 Å². The molecule has 0 aliphatic carbocycles. The van der Waals surface area contributed by atoms with Crippen LogP contribution in [-0.4, -0.2) is 21.4 Å². The highest BCUT2D eigenvalue weighted by Gasteiger charge is 2.18. The summed E-state index contributed by atoms with van der Waals surface area (Å²) in [6.45, 7) is 0. The largest absolute Gasteiger partial charge is 0.495 e. The first-order valence-corrected chi connectivity index (χ1v) is 9.70. The molecule has 0 radical (unpaired) electrons. The number of halogens is 1. The Bertz CT molecular complexity index is 1080. The summed E-state index contributed by atoms with van der Waals surface area (Å²) in [6, 6.07) is 17.6. The minimum absolute atomic E-state index is 0.0903. The molecule has 0 fully saturated rings. The molecular formula is C20H17FN2O4S. The highest BCUT2D eigenvalue weighted by atomic mass is 32.2. The number of hydrogen-bond donors (Lipinski definition) is 2. The molecule has 1 amide bonds. The molecule has 0 aliphatic heterocycles. The van der Waals surface area contributed by atoms with E-state index in [1.807, 2.05) is 6.07 Å². The van der Waals surface area contributed by atoms with Crippen molar-refractivity contribution in [2.24, 2.45) is 0 Å². The number of anilines is 2. The zero-order valence-corrected chi connectivity index (χ0v) is 15.7. The van der Waals surface area contributed by atoms with Crippen LogP contribution in [0.4, 0.5) is 15.8 Å². The minimum Gasteiger partial charge on any atom is -0.495 e. The number of methoxy groups -OCH3 is 1. The molecule has 0 aromatic heterocycles. The van der Waals surface area contributed by atoms with Crippen LogP contribution in [0.3, 0.4) is 0 Å². The highest BCUT2D eigenvalue weighted by Crippen LogP contribution is 2.28. The number of benzene rings is 3. The summed E-state index contributed by atoms with van der Waals surface area (Å²) < 4.78 is 45.7. The highest BCUT2D eigenvalue weighted by molar-refractivity contribution is 7.92. The molecule has 28 heavy (non-hydrogen) atoms. The summed E-state index contributed by atoms with van der Waals surface area (Å²) in [5, 5.41) is 2.73. The third-order valence-corrected chi connectivity index (χ3v) is 5.24. The smallest absolute Gasteiger partial charge is 0.262 e. The Kier molecular flexibility index (Phi) is 5.60. The van der Waals surface area contributed by atoms with Crippen molar-refractivity contribution in [3.8, 4) is 5.75 Å². The Morgan fingerprint density at radius 2 is 1.64 bits per heavy atom. The molecule has 0 atom stereocenters. The van der Waals surface area contributed by atoms with Crippen LogP contribution < -0.4 is 14.8 Å². The Balaban J connectivity index is 1.88. The Morgan fingerprint density at radius 1 is 0.964 bits per heavy atom. The summed E-state index contributed by atoms with van der Waals surface area (Å²) in [7, 11) is -2.61. The average molecular weight is 400 g/mol. The van der Waals surface area contributed by atoms with Gasteiger partial charge < -0.3 is 10.1 Å². The molecule has 2 N–H and O–H groups in total. The second-order valence-corrected chi connectivity index (χ2v) is 7.48. The Morgan fingerprint density at radius 3 is 2.29 bits per heavy atom. The maximum atomic E-state index is 13.1. The fourth-order valence-corrected chi connectivity index (χ4v) is 3.53. The molecule has 8 heteroatoms. The maximum Gasteiger partial charge on any atom is 0.262 e. The van der Waals surface area contributed by atoms with Crippen molar-refractivity contribution >= 4 is 27.3 Å². The van der Waals surface area contributed by atoms with E-state index in [9.17, 15) is 17.6 Å². The van der Waals surface area contributed by atoms with Crippen molar-refractivity contribution in [1.29, 1.82) is 0 Å². The number of ether oxygens (including phenoxy) is 1. The zero-order valence-electron chi connectivity index (χ0n) is 14.8. The fraction of sp³-hybridized carbons (Fsp3) is 0.0500. The van der Waals surface area contributed by atoms with Gasteiger partial charge in [-0.15, -0.1) is 0 Å². The molecule has 0 saturated heterocycles. The van der Waals surface area contributed by atoms with E-state index in [0.29, 0.717) is 5.69 Å². The first-order valence-electron chi connectivity index (χ1n) is 8.22. The van der Waals surface area contributed by atoms with E-state index in [4.69, 9.17) is 4.74 Å². The molecule has 0 unspecified atom stereocenters. The van der Waals surface area contributed by atoms with Crippen LogP contribution >= 0.6 is 0 Å². The van der Waals surface area contributed by atoms with Gasteiger partial charge in [0.1, 0.15) is 11.6 Å². The van der Waals surface area contributed by atoms with E-state index in [2.05, 4.69) is 10.0 Å². The van der Waals surface area contributed by atoms with Crippen LogP contribution in [0.5, 0.6) is 5.75 Å². The van der Waals surface area contributed by atoms with Crippen molar-refractivity contribution in [2.75, 3.05) is 17.1 Å². The van der Waals surface area contributed by atoms with Gasteiger partial charge in [-0.2, -0.15) is 0 Å². The summed E-state index contributed by atoms with van der Waals surface area (Å²) >= 11 is 0. The lowest BCUT2D eigenvalue weighted by atomic mass is 10.1. The van der Waals surface area contributed by atoms with E-state index in [0.717, 1.165) is 24.3 Å². The normalized spacial score (nSPS) is 10.9. The lowest BCUT2D eigenvalue weighted by Crippen LogP contribution is -2.16. The van der Waals surface area contributed by atoms with Gasteiger partial charge in [0, 0.05) is 11.3 Å². The molecule has 0 saturated carbocycles. The molecule has 0 aliphatic rings. The van der Waals surface area contributed by atoms with Gasteiger partial charge in [-0.1, -0.05) is 18.2 Å². The number of amides is 1. The predicted octanol–water partition coefficient (Wildman–Crippen LogP) is 3.89. The van der Waals surface area contributed by atoms with Gasteiger partial charge in [0.15, 0.2) is 0 Å². The molecule has 6 nitrogen and oxygen atoms in total. The van der Waals surface area contributed by atoms with Crippen LogP contribution in [-0.2, 0) is 10.0 Å². The van der Waals surface area contributed by atoms with E-state index in [1.165, 1.54) is 25.3 Å². The number of carbonyl (C=O) groups excluding carboxylic acids is 1. The topological polar surface area (TPSA) is 84.5 Å². The third kappa shape index (κ3) is 4.47. The zero-order chi connectivity index (χ0) is 20.1. The first kappa shape index (κ1) is 19.4. The summed E-state index contributed by atoms with van der Waals surface area (Å²) in [6.07, 6.45) is 0. The van der Waals surface area contributed by atoms with Crippen LogP contribution in [0.2, 0.25) is 0 Å². The maximum absolute atomic E-state index is 13.1. The summed E-state index contributed by atoms with van der Waals surface area (Å²) in [4.78, 5) is 12.4. The van der Waals surface area contributed by atoms with E-state index in [-0.39, 0.29) is 21.9 Å². The van der Waals surface area contributed by atoms with Crippen molar-refractivity contribution in [3.05, 3.63) is 84.2 Å². The standard InChI is InChI=1S/C20H17FN2O4S/c1-27-19-12-7-14(20(24)22-16-5-3-2-4-6-16)13-18(19)23-28(25,26)17-10-8-15(21)9-11-17/h2-13,23H,1H3,(H,22,24). The van der Waals surface area contributed by atoms with Gasteiger partial charge in [0.05, 0.1) is 17.7 Å². The molecular weight excluding hydrogens is 383 g/mol. The monoisotopic (exact) mass is 400 g/mol. The second kappa shape index (κ2) is 8.10. The molecule has 3 aromatic rings. The van der Waals surface area contributed by atoms with Gasteiger partial charge in [-0.25, -0.2) is 12.8 Å². The number of hydrogen-bond acceptors (Lipinski definition) is 4. The first-order chi connectivity index (χ1) is 13.4. The fourth-order valence-electron chi connectivity index (χ4n) is 2.47. The molecule has 0 bridgehead atoms. The lowest BCUT2D eigenvalue weighted by molar-refractivity contribution is 0.102. The Labute approximate surface area is 162 Å². The molecule has 0 heterocycles.